The number of hydrogen-bond acceptors (Lipinski definition) is 0. The third-order valence-corrected chi connectivity index (χ3v) is 4.53. The minimum absolute atomic E-state index is 0.276. The Morgan fingerprint density at radius 3 is 2.47 bits per heavy atom. The predicted octanol–water partition coefficient (Wildman–Crippen LogP) is 5.39. The third-order valence-electron chi connectivity index (χ3n) is 2.84. The Hall–Kier alpha value is -0.350. The summed E-state index contributed by atoms with van der Waals surface area (Å²) in [6.45, 7) is 4.30. The molecule has 2 heteroatoms. The van der Waals surface area contributed by atoms with Crippen molar-refractivity contribution in [1.82, 2.24) is 0 Å². The summed E-state index contributed by atoms with van der Waals surface area (Å²) in [6, 6.07) is 15.2. The molecule has 2 aromatic rings. The molecular formula is C15H14BrI. The second-order valence-corrected chi connectivity index (χ2v) is 6.44. The van der Waals surface area contributed by atoms with Crippen molar-refractivity contribution in [3.8, 4) is 0 Å². The van der Waals surface area contributed by atoms with Crippen molar-refractivity contribution in [1.29, 1.82) is 0 Å². The van der Waals surface area contributed by atoms with Crippen molar-refractivity contribution in [2.24, 2.45) is 0 Å². The molecule has 1 atom stereocenters. The number of alkyl halides is 1. The highest BCUT2D eigenvalue weighted by Gasteiger charge is 2.12. The quantitative estimate of drug-likeness (QED) is 0.468. The lowest BCUT2D eigenvalue weighted by Crippen LogP contribution is -1.96. The molecule has 0 fully saturated rings. The van der Waals surface area contributed by atoms with Crippen molar-refractivity contribution in [3.63, 3.8) is 0 Å². The van der Waals surface area contributed by atoms with E-state index in [0.717, 1.165) is 0 Å². The van der Waals surface area contributed by atoms with E-state index in [4.69, 9.17) is 0 Å². The fourth-order valence-electron chi connectivity index (χ4n) is 1.95. The highest BCUT2D eigenvalue weighted by atomic mass is 127. The van der Waals surface area contributed by atoms with E-state index in [2.05, 4.69) is 94.8 Å². The molecule has 2 aromatic carbocycles. The van der Waals surface area contributed by atoms with E-state index < -0.39 is 0 Å². The van der Waals surface area contributed by atoms with Gasteiger partial charge in [0.2, 0.25) is 0 Å². The second kappa shape index (κ2) is 5.53. The molecule has 0 bridgehead atoms. The van der Waals surface area contributed by atoms with Crippen LogP contribution >= 0.6 is 38.5 Å². The standard InChI is InChI=1S/C15H14BrI/c1-10-6-7-14(11(2)8-10)15(16)12-4-3-5-13(17)9-12/h3-9,15H,1-2H3. The van der Waals surface area contributed by atoms with Crippen LogP contribution in [-0.2, 0) is 0 Å². The summed E-state index contributed by atoms with van der Waals surface area (Å²) in [6.07, 6.45) is 0. The van der Waals surface area contributed by atoms with Crippen LogP contribution in [0.1, 0.15) is 27.1 Å². The summed E-state index contributed by atoms with van der Waals surface area (Å²) in [5.41, 5.74) is 5.31. The molecule has 0 heterocycles. The zero-order chi connectivity index (χ0) is 12.4. The van der Waals surface area contributed by atoms with Gasteiger partial charge in [0.1, 0.15) is 0 Å². The van der Waals surface area contributed by atoms with Gasteiger partial charge in [0, 0.05) is 3.57 Å². The average Bonchev–Trinajstić information content (AvgIpc) is 2.28. The molecule has 1 unspecified atom stereocenters. The lowest BCUT2D eigenvalue weighted by Gasteiger charge is -2.14. The van der Waals surface area contributed by atoms with Crippen LogP contribution in [0.4, 0.5) is 0 Å². The normalized spacial score (nSPS) is 12.5. The molecule has 88 valence electrons. The Kier molecular flexibility index (Phi) is 4.26. The van der Waals surface area contributed by atoms with Crippen molar-refractivity contribution >= 4 is 38.5 Å². The van der Waals surface area contributed by atoms with Crippen molar-refractivity contribution < 1.29 is 0 Å². The van der Waals surface area contributed by atoms with E-state index >= 15 is 0 Å². The average molecular weight is 401 g/mol. The van der Waals surface area contributed by atoms with Crippen molar-refractivity contribution in [2.45, 2.75) is 18.7 Å². The molecule has 0 aliphatic rings. The van der Waals surface area contributed by atoms with Gasteiger partial charge in [0.15, 0.2) is 0 Å². The van der Waals surface area contributed by atoms with Gasteiger partial charge in [-0.2, -0.15) is 0 Å². The smallest absolute Gasteiger partial charge is 0.0647 e. The van der Waals surface area contributed by atoms with Crippen LogP contribution in [-0.4, -0.2) is 0 Å². The Morgan fingerprint density at radius 1 is 1.06 bits per heavy atom. The second-order valence-electron chi connectivity index (χ2n) is 4.28. The summed E-state index contributed by atoms with van der Waals surface area (Å²) in [7, 11) is 0. The van der Waals surface area contributed by atoms with Crippen LogP contribution < -0.4 is 0 Å². The van der Waals surface area contributed by atoms with Gasteiger partial charge in [0.25, 0.3) is 0 Å². The van der Waals surface area contributed by atoms with E-state index in [1.807, 2.05) is 0 Å². The van der Waals surface area contributed by atoms with Gasteiger partial charge in [-0.3, -0.25) is 0 Å². The first-order chi connectivity index (χ1) is 8.08. The van der Waals surface area contributed by atoms with Crippen molar-refractivity contribution in [3.05, 3.63) is 68.3 Å². The highest BCUT2D eigenvalue weighted by molar-refractivity contribution is 14.1. The number of aryl methyl sites for hydroxylation is 2. The van der Waals surface area contributed by atoms with E-state index in [9.17, 15) is 0 Å². The predicted molar refractivity (Wildman–Crippen MR) is 85.8 cm³/mol. The van der Waals surface area contributed by atoms with Gasteiger partial charge < -0.3 is 0 Å². The Balaban J connectivity index is 2.40. The summed E-state index contributed by atoms with van der Waals surface area (Å²) >= 11 is 6.15. The molecule has 0 nitrogen and oxygen atoms in total. The highest BCUT2D eigenvalue weighted by Crippen LogP contribution is 2.33. The molecule has 0 radical (unpaired) electrons. The van der Waals surface area contributed by atoms with Gasteiger partial charge in [-0.15, -0.1) is 0 Å². The molecule has 0 saturated heterocycles. The molecule has 0 aliphatic heterocycles. The Bertz CT molecular complexity index is 534. The lowest BCUT2D eigenvalue weighted by molar-refractivity contribution is 1.13. The van der Waals surface area contributed by atoms with Crippen LogP contribution in [0.2, 0.25) is 0 Å². The van der Waals surface area contributed by atoms with Crippen LogP contribution in [0.15, 0.2) is 42.5 Å². The molecule has 0 amide bonds. The number of hydrogen-bond donors (Lipinski definition) is 0. The third kappa shape index (κ3) is 3.10. The Labute approximate surface area is 125 Å². The Morgan fingerprint density at radius 2 is 1.82 bits per heavy atom. The zero-order valence-corrected chi connectivity index (χ0v) is 13.6. The SMILES string of the molecule is Cc1ccc(C(Br)c2cccc(I)c2)c(C)c1. The van der Waals surface area contributed by atoms with Gasteiger partial charge >= 0.3 is 0 Å². The lowest BCUT2D eigenvalue weighted by atomic mass is 9.99. The molecule has 0 N–H and O–H groups in total. The van der Waals surface area contributed by atoms with Crippen molar-refractivity contribution in [2.75, 3.05) is 0 Å². The first-order valence-corrected chi connectivity index (χ1v) is 7.54. The van der Waals surface area contributed by atoms with Crippen LogP contribution in [0.5, 0.6) is 0 Å². The van der Waals surface area contributed by atoms with Crippen LogP contribution in [0.25, 0.3) is 0 Å². The molecule has 0 spiro atoms. The molecule has 0 aromatic heterocycles. The first kappa shape index (κ1) is 13.1. The monoisotopic (exact) mass is 400 g/mol. The van der Waals surface area contributed by atoms with E-state index in [1.165, 1.54) is 25.8 Å². The largest absolute Gasteiger partial charge is 0.0786 e. The van der Waals surface area contributed by atoms with Gasteiger partial charge in [-0.25, -0.2) is 0 Å². The first-order valence-electron chi connectivity index (χ1n) is 5.54. The maximum Gasteiger partial charge on any atom is 0.0647 e. The van der Waals surface area contributed by atoms with Gasteiger partial charge in [-0.05, 0) is 65.3 Å². The fraction of sp³-hybridized carbons (Fsp3) is 0.200. The van der Waals surface area contributed by atoms with E-state index in [0.29, 0.717) is 0 Å². The zero-order valence-electron chi connectivity index (χ0n) is 9.87. The minimum Gasteiger partial charge on any atom is -0.0786 e. The molecular weight excluding hydrogens is 387 g/mol. The van der Waals surface area contributed by atoms with Gasteiger partial charge in [-0.1, -0.05) is 51.8 Å². The molecule has 0 saturated carbocycles. The number of benzene rings is 2. The summed E-state index contributed by atoms with van der Waals surface area (Å²) in [5.74, 6) is 0. The topological polar surface area (TPSA) is 0 Å². The van der Waals surface area contributed by atoms with Gasteiger partial charge in [0.05, 0.1) is 4.83 Å². The molecule has 0 aliphatic carbocycles. The molecule has 17 heavy (non-hydrogen) atoms. The maximum atomic E-state index is 3.80. The minimum atomic E-state index is 0.276. The summed E-state index contributed by atoms with van der Waals surface area (Å²) < 4.78 is 1.27. The van der Waals surface area contributed by atoms with Crippen LogP contribution in [0, 0.1) is 17.4 Å². The fourth-order valence-corrected chi connectivity index (χ4v) is 3.32. The van der Waals surface area contributed by atoms with Crippen LogP contribution in [0.3, 0.4) is 0 Å². The summed E-state index contributed by atoms with van der Waals surface area (Å²) in [5, 5.41) is 0. The number of halogens is 2. The maximum absolute atomic E-state index is 3.80. The van der Waals surface area contributed by atoms with E-state index in [-0.39, 0.29) is 4.83 Å². The summed E-state index contributed by atoms with van der Waals surface area (Å²) in [4.78, 5) is 0.276. The number of rotatable bonds is 2. The molecule has 2 rings (SSSR count). The van der Waals surface area contributed by atoms with E-state index in [1.54, 1.807) is 0 Å².